The first-order valence-electron chi connectivity index (χ1n) is 15.0. The molecular formula is C40H23N5O. The summed E-state index contributed by atoms with van der Waals surface area (Å²) in [6, 6.07) is 48.6. The Kier molecular flexibility index (Phi) is 5.77. The van der Waals surface area contributed by atoms with E-state index in [-0.39, 0.29) is 0 Å². The van der Waals surface area contributed by atoms with E-state index < -0.39 is 0 Å². The number of nitrogens with zero attached hydrogens (tertiary/aromatic N) is 5. The van der Waals surface area contributed by atoms with Crippen LogP contribution in [0, 0.1) is 11.3 Å². The van der Waals surface area contributed by atoms with Crippen molar-refractivity contribution >= 4 is 43.7 Å². The molecule has 214 valence electrons. The van der Waals surface area contributed by atoms with Crippen molar-refractivity contribution in [2.75, 3.05) is 0 Å². The molecule has 0 aliphatic heterocycles. The number of fused-ring (bicyclic) bond motifs is 7. The van der Waals surface area contributed by atoms with Crippen molar-refractivity contribution in [2.24, 2.45) is 0 Å². The van der Waals surface area contributed by atoms with Gasteiger partial charge in [-0.3, -0.25) is 0 Å². The van der Waals surface area contributed by atoms with Crippen LogP contribution >= 0.6 is 0 Å². The molecule has 3 heterocycles. The van der Waals surface area contributed by atoms with E-state index in [1.54, 1.807) is 0 Å². The smallest absolute Gasteiger partial charge is 0.164 e. The fourth-order valence-electron chi connectivity index (χ4n) is 6.43. The first kappa shape index (κ1) is 25.9. The molecule has 3 aromatic heterocycles. The van der Waals surface area contributed by atoms with E-state index in [0.29, 0.717) is 23.0 Å². The van der Waals surface area contributed by atoms with Crippen LogP contribution < -0.4 is 0 Å². The topological polar surface area (TPSA) is 80.5 Å². The molecule has 0 aliphatic carbocycles. The summed E-state index contributed by atoms with van der Waals surface area (Å²) >= 11 is 0. The number of hydrogen-bond donors (Lipinski definition) is 0. The number of hydrogen-bond acceptors (Lipinski definition) is 5. The Balaban J connectivity index is 1.36. The minimum absolute atomic E-state index is 0.569. The molecule has 6 nitrogen and oxygen atoms in total. The maximum absolute atomic E-state index is 9.79. The van der Waals surface area contributed by atoms with Crippen molar-refractivity contribution in [3.8, 4) is 45.9 Å². The second kappa shape index (κ2) is 10.3. The van der Waals surface area contributed by atoms with E-state index >= 15 is 0 Å². The first-order valence-corrected chi connectivity index (χ1v) is 15.0. The van der Waals surface area contributed by atoms with Crippen molar-refractivity contribution in [2.45, 2.75) is 0 Å². The van der Waals surface area contributed by atoms with Crippen molar-refractivity contribution < 1.29 is 4.42 Å². The Bertz CT molecular complexity index is 2580. The van der Waals surface area contributed by atoms with Gasteiger partial charge in [-0.25, -0.2) is 15.0 Å². The van der Waals surface area contributed by atoms with Gasteiger partial charge in [0.25, 0.3) is 0 Å². The van der Waals surface area contributed by atoms with Gasteiger partial charge in [0.15, 0.2) is 17.5 Å². The average molecular weight is 590 g/mol. The molecular weight excluding hydrogens is 566 g/mol. The lowest BCUT2D eigenvalue weighted by Crippen LogP contribution is -2.00. The zero-order valence-electron chi connectivity index (χ0n) is 24.4. The van der Waals surface area contributed by atoms with Crippen LogP contribution in [0.3, 0.4) is 0 Å². The number of para-hydroxylation sites is 1. The molecule has 9 rings (SSSR count). The summed E-state index contributed by atoms with van der Waals surface area (Å²) in [4.78, 5) is 14.9. The molecule has 0 saturated heterocycles. The quantitative estimate of drug-likeness (QED) is 0.204. The second-order valence-corrected chi connectivity index (χ2v) is 11.2. The highest BCUT2D eigenvalue weighted by Gasteiger charge is 2.22. The Labute approximate surface area is 263 Å². The first-order chi connectivity index (χ1) is 22.8. The van der Waals surface area contributed by atoms with E-state index in [4.69, 9.17) is 19.4 Å². The van der Waals surface area contributed by atoms with Crippen molar-refractivity contribution in [1.29, 1.82) is 5.26 Å². The number of benzene rings is 6. The van der Waals surface area contributed by atoms with Crippen LogP contribution in [-0.2, 0) is 0 Å². The van der Waals surface area contributed by atoms with Gasteiger partial charge in [0.1, 0.15) is 11.2 Å². The van der Waals surface area contributed by atoms with Crippen molar-refractivity contribution in [1.82, 2.24) is 19.5 Å². The standard InChI is InChI=1S/C40H23N5O/c41-24-25-19-21-32-31(23-25)36-33(45(32)28-15-8-3-9-16-28)22-20-29-35-30(17-10-18-34(35)46-37(29)36)40-43-38(26-11-4-1-5-12-26)42-39(44-40)27-13-6-2-7-14-27/h1-23H. The lowest BCUT2D eigenvalue weighted by atomic mass is 10.0. The molecule has 46 heavy (non-hydrogen) atoms. The van der Waals surface area contributed by atoms with Gasteiger partial charge < -0.3 is 8.98 Å². The zero-order chi connectivity index (χ0) is 30.6. The zero-order valence-corrected chi connectivity index (χ0v) is 24.4. The summed E-state index contributed by atoms with van der Waals surface area (Å²) in [7, 11) is 0. The molecule has 6 aromatic carbocycles. The maximum atomic E-state index is 9.79. The van der Waals surface area contributed by atoms with E-state index in [9.17, 15) is 5.26 Å². The van der Waals surface area contributed by atoms with Crippen LogP contribution in [0.15, 0.2) is 144 Å². The molecule has 9 aromatic rings. The van der Waals surface area contributed by atoms with Crippen molar-refractivity contribution in [3.05, 3.63) is 145 Å². The van der Waals surface area contributed by atoms with Crippen LogP contribution in [0.1, 0.15) is 5.56 Å². The minimum Gasteiger partial charge on any atom is -0.455 e. The highest BCUT2D eigenvalue weighted by Crippen LogP contribution is 2.43. The number of furan rings is 1. The van der Waals surface area contributed by atoms with Gasteiger partial charge in [0.05, 0.1) is 28.1 Å². The van der Waals surface area contributed by atoms with E-state index in [0.717, 1.165) is 66.1 Å². The summed E-state index contributed by atoms with van der Waals surface area (Å²) < 4.78 is 8.95. The molecule has 0 spiro atoms. The monoisotopic (exact) mass is 589 g/mol. The van der Waals surface area contributed by atoms with Crippen LogP contribution in [0.25, 0.3) is 83.6 Å². The summed E-state index contributed by atoms with van der Waals surface area (Å²) in [6.45, 7) is 0. The van der Waals surface area contributed by atoms with Gasteiger partial charge in [0, 0.05) is 38.5 Å². The van der Waals surface area contributed by atoms with Gasteiger partial charge in [-0.15, -0.1) is 0 Å². The van der Waals surface area contributed by atoms with Crippen LogP contribution in [-0.4, -0.2) is 19.5 Å². The molecule has 0 fully saturated rings. The molecule has 0 unspecified atom stereocenters. The lowest BCUT2D eigenvalue weighted by Gasteiger charge is -2.09. The Morgan fingerprint density at radius 2 is 1.17 bits per heavy atom. The van der Waals surface area contributed by atoms with E-state index in [2.05, 4.69) is 34.9 Å². The van der Waals surface area contributed by atoms with E-state index in [1.165, 1.54) is 0 Å². The molecule has 6 heteroatoms. The third kappa shape index (κ3) is 4.00. The Hall–Kier alpha value is -6.58. The van der Waals surface area contributed by atoms with Crippen LogP contribution in [0.4, 0.5) is 0 Å². The van der Waals surface area contributed by atoms with E-state index in [1.807, 2.05) is 115 Å². The van der Waals surface area contributed by atoms with Gasteiger partial charge in [-0.1, -0.05) is 91.0 Å². The number of aromatic nitrogens is 4. The van der Waals surface area contributed by atoms with Gasteiger partial charge in [-0.05, 0) is 48.5 Å². The summed E-state index contributed by atoms with van der Waals surface area (Å²) in [5.74, 6) is 1.78. The lowest BCUT2D eigenvalue weighted by molar-refractivity contribution is 0.673. The summed E-state index contributed by atoms with van der Waals surface area (Å²) in [5.41, 5.74) is 7.82. The summed E-state index contributed by atoms with van der Waals surface area (Å²) in [5, 5.41) is 13.6. The predicted octanol–water partition coefficient (Wildman–Crippen LogP) is 9.74. The van der Waals surface area contributed by atoms with Crippen LogP contribution in [0.2, 0.25) is 0 Å². The van der Waals surface area contributed by atoms with Gasteiger partial charge in [0.2, 0.25) is 0 Å². The molecule has 0 saturated carbocycles. The highest BCUT2D eigenvalue weighted by atomic mass is 16.3. The second-order valence-electron chi connectivity index (χ2n) is 11.2. The summed E-state index contributed by atoms with van der Waals surface area (Å²) in [6.07, 6.45) is 0. The third-order valence-electron chi connectivity index (χ3n) is 8.47. The number of rotatable bonds is 4. The van der Waals surface area contributed by atoms with Crippen LogP contribution in [0.5, 0.6) is 0 Å². The molecule has 0 atom stereocenters. The highest BCUT2D eigenvalue weighted by molar-refractivity contribution is 6.25. The Morgan fingerprint density at radius 1 is 0.543 bits per heavy atom. The predicted molar refractivity (Wildman–Crippen MR) is 182 cm³/mol. The average Bonchev–Trinajstić information content (AvgIpc) is 3.68. The van der Waals surface area contributed by atoms with Crippen molar-refractivity contribution in [3.63, 3.8) is 0 Å². The van der Waals surface area contributed by atoms with Gasteiger partial charge in [-0.2, -0.15) is 5.26 Å². The molecule has 0 radical (unpaired) electrons. The Morgan fingerprint density at radius 3 is 1.85 bits per heavy atom. The third-order valence-corrected chi connectivity index (χ3v) is 8.47. The normalized spacial score (nSPS) is 11.5. The fraction of sp³-hybridized carbons (Fsp3) is 0. The molecule has 0 N–H and O–H groups in total. The maximum Gasteiger partial charge on any atom is 0.164 e. The molecule has 0 bridgehead atoms. The van der Waals surface area contributed by atoms with Gasteiger partial charge >= 0.3 is 0 Å². The largest absolute Gasteiger partial charge is 0.455 e. The molecule has 0 aliphatic rings. The fourth-order valence-corrected chi connectivity index (χ4v) is 6.43. The minimum atomic E-state index is 0.569. The molecule has 0 amide bonds. The SMILES string of the molecule is N#Cc1ccc2c(c1)c1c3oc4cccc(-c5nc(-c6ccccc6)nc(-c6ccccc6)n5)c4c3ccc1n2-c1ccccc1. The number of nitriles is 1.